The number of imide groups is 1. The number of hydrogen-bond acceptors (Lipinski definition) is 4. The van der Waals surface area contributed by atoms with Crippen molar-refractivity contribution in [1.29, 1.82) is 0 Å². The lowest BCUT2D eigenvalue weighted by molar-refractivity contribution is 0.0653. The summed E-state index contributed by atoms with van der Waals surface area (Å²) >= 11 is 0. The van der Waals surface area contributed by atoms with Gasteiger partial charge in [0.25, 0.3) is 11.8 Å². The number of piperazine rings is 1. The van der Waals surface area contributed by atoms with E-state index in [4.69, 9.17) is 0 Å². The van der Waals surface area contributed by atoms with E-state index in [1.807, 2.05) is 23.1 Å². The van der Waals surface area contributed by atoms with Crippen molar-refractivity contribution >= 4 is 17.8 Å². The van der Waals surface area contributed by atoms with Gasteiger partial charge < -0.3 is 10.2 Å². The number of nitrogens with zero attached hydrogens (tertiary/aromatic N) is 3. The van der Waals surface area contributed by atoms with E-state index in [0.29, 0.717) is 43.7 Å². The average Bonchev–Trinajstić information content (AvgIpc) is 3.02. The monoisotopic (exact) mass is 406 g/mol. The molecule has 0 bridgehead atoms. The fourth-order valence-electron chi connectivity index (χ4n) is 3.94. The summed E-state index contributed by atoms with van der Waals surface area (Å²) < 4.78 is 0. The Hall–Kier alpha value is -3.19. The lowest BCUT2D eigenvalue weighted by Crippen LogP contribution is -2.51. The minimum absolute atomic E-state index is 0.0864. The Balaban J connectivity index is 1.17. The highest BCUT2D eigenvalue weighted by atomic mass is 16.2. The second kappa shape index (κ2) is 9.09. The predicted molar refractivity (Wildman–Crippen MR) is 113 cm³/mol. The molecule has 156 valence electrons. The molecule has 4 amide bonds. The number of nitrogens with one attached hydrogen (secondary N) is 1. The van der Waals surface area contributed by atoms with Crippen LogP contribution in [0, 0.1) is 0 Å². The van der Waals surface area contributed by atoms with E-state index in [9.17, 15) is 14.4 Å². The van der Waals surface area contributed by atoms with Crippen molar-refractivity contribution in [2.45, 2.75) is 13.0 Å². The largest absolute Gasteiger partial charge is 0.338 e. The average molecular weight is 406 g/mol. The quantitative estimate of drug-likeness (QED) is 0.590. The second-order valence-electron chi connectivity index (χ2n) is 7.64. The van der Waals surface area contributed by atoms with Crippen LogP contribution >= 0.6 is 0 Å². The molecule has 7 heteroatoms. The summed E-state index contributed by atoms with van der Waals surface area (Å²) in [5.41, 5.74) is 2.20. The van der Waals surface area contributed by atoms with E-state index >= 15 is 0 Å². The molecule has 2 aromatic rings. The van der Waals surface area contributed by atoms with Crippen LogP contribution in [0.2, 0.25) is 0 Å². The van der Waals surface area contributed by atoms with Gasteiger partial charge in [-0.1, -0.05) is 42.5 Å². The number of urea groups is 1. The number of benzene rings is 2. The van der Waals surface area contributed by atoms with Gasteiger partial charge in [0.2, 0.25) is 0 Å². The number of amides is 4. The van der Waals surface area contributed by atoms with Crippen LogP contribution < -0.4 is 5.32 Å². The molecular weight excluding hydrogens is 380 g/mol. The van der Waals surface area contributed by atoms with Crippen molar-refractivity contribution in [3.05, 3.63) is 71.3 Å². The Morgan fingerprint density at radius 1 is 0.833 bits per heavy atom. The molecule has 0 saturated carbocycles. The molecule has 2 aliphatic heterocycles. The zero-order valence-electron chi connectivity index (χ0n) is 16.9. The van der Waals surface area contributed by atoms with Gasteiger partial charge in [-0.2, -0.15) is 0 Å². The van der Waals surface area contributed by atoms with Crippen LogP contribution in [-0.2, 0) is 6.54 Å². The molecule has 4 rings (SSSR count). The maximum atomic E-state index is 12.4. The van der Waals surface area contributed by atoms with Crippen LogP contribution in [0.3, 0.4) is 0 Å². The van der Waals surface area contributed by atoms with Crippen LogP contribution in [0.5, 0.6) is 0 Å². The Morgan fingerprint density at radius 2 is 1.43 bits per heavy atom. The molecule has 0 spiro atoms. The standard InChI is InChI=1S/C23H26N4O3/c28-21-19-9-4-5-10-20(19)22(29)27(21)12-6-11-24-23(30)26-15-13-25(14-16-26)17-18-7-2-1-3-8-18/h1-5,7-10H,6,11-17H2,(H,24,30). The lowest BCUT2D eigenvalue weighted by atomic mass is 10.1. The minimum atomic E-state index is -0.253. The zero-order valence-corrected chi connectivity index (χ0v) is 16.9. The van der Waals surface area contributed by atoms with Crippen LogP contribution in [-0.4, -0.2) is 71.8 Å². The van der Waals surface area contributed by atoms with Gasteiger partial charge in [0, 0.05) is 45.8 Å². The molecule has 0 unspecified atom stereocenters. The summed E-state index contributed by atoms with van der Waals surface area (Å²) in [4.78, 5) is 42.5. The summed E-state index contributed by atoms with van der Waals surface area (Å²) in [7, 11) is 0. The molecule has 0 aliphatic carbocycles. The topological polar surface area (TPSA) is 73.0 Å². The van der Waals surface area contributed by atoms with Crippen LogP contribution in [0.15, 0.2) is 54.6 Å². The van der Waals surface area contributed by atoms with Gasteiger partial charge in [0.05, 0.1) is 11.1 Å². The number of hydrogen-bond donors (Lipinski definition) is 1. The van der Waals surface area contributed by atoms with E-state index in [0.717, 1.165) is 19.6 Å². The van der Waals surface area contributed by atoms with E-state index in [-0.39, 0.29) is 17.8 Å². The van der Waals surface area contributed by atoms with Gasteiger partial charge in [-0.05, 0) is 24.1 Å². The molecule has 2 heterocycles. The first kappa shape index (κ1) is 20.1. The third-order valence-corrected chi connectivity index (χ3v) is 5.62. The van der Waals surface area contributed by atoms with Crippen LogP contribution in [0.4, 0.5) is 4.79 Å². The highest BCUT2D eigenvalue weighted by molar-refractivity contribution is 6.21. The van der Waals surface area contributed by atoms with E-state index in [1.165, 1.54) is 10.5 Å². The molecule has 0 aromatic heterocycles. The molecule has 7 nitrogen and oxygen atoms in total. The summed E-state index contributed by atoms with van der Waals surface area (Å²) in [5, 5.41) is 2.91. The number of fused-ring (bicyclic) bond motifs is 1. The maximum Gasteiger partial charge on any atom is 0.317 e. The Labute approximate surface area is 176 Å². The predicted octanol–water partition coefficient (Wildman–Crippen LogP) is 2.20. The van der Waals surface area contributed by atoms with Gasteiger partial charge in [-0.15, -0.1) is 0 Å². The number of carbonyl (C=O) groups is 3. The van der Waals surface area contributed by atoms with Gasteiger partial charge >= 0.3 is 6.03 Å². The van der Waals surface area contributed by atoms with E-state index in [1.54, 1.807) is 24.3 Å². The third-order valence-electron chi connectivity index (χ3n) is 5.62. The second-order valence-corrected chi connectivity index (χ2v) is 7.64. The fourth-order valence-corrected chi connectivity index (χ4v) is 3.94. The van der Waals surface area contributed by atoms with Crippen molar-refractivity contribution in [3.8, 4) is 0 Å². The maximum absolute atomic E-state index is 12.4. The molecule has 2 aromatic carbocycles. The van der Waals surface area contributed by atoms with E-state index in [2.05, 4.69) is 22.3 Å². The highest BCUT2D eigenvalue weighted by Gasteiger charge is 2.34. The Kier molecular flexibility index (Phi) is 6.09. The molecule has 1 N–H and O–H groups in total. The van der Waals surface area contributed by atoms with Crippen LogP contribution in [0.25, 0.3) is 0 Å². The Morgan fingerprint density at radius 3 is 2.07 bits per heavy atom. The number of carbonyl (C=O) groups excluding carboxylic acids is 3. The van der Waals surface area contributed by atoms with Crippen molar-refractivity contribution in [2.24, 2.45) is 0 Å². The lowest BCUT2D eigenvalue weighted by Gasteiger charge is -2.34. The first-order valence-corrected chi connectivity index (χ1v) is 10.4. The normalized spacial score (nSPS) is 16.7. The summed E-state index contributed by atoms with van der Waals surface area (Å²) in [6, 6.07) is 17.1. The molecular formula is C23H26N4O3. The van der Waals surface area contributed by atoms with E-state index < -0.39 is 0 Å². The van der Waals surface area contributed by atoms with Crippen molar-refractivity contribution in [3.63, 3.8) is 0 Å². The van der Waals surface area contributed by atoms with Gasteiger partial charge in [0.15, 0.2) is 0 Å². The van der Waals surface area contributed by atoms with Crippen molar-refractivity contribution < 1.29 is 14.4 Å². The minimum Gasteiger partial charge on any atom is -0.338 e. The van der Waals surface area contributed by atoms with Gasteiger partial charge in [-0.25, -0.2) is 4.79 Å². The molecule has 2 aliphatic rings. The summed E-state index contributed by atoms with van der Waals surface area (Å²) in [6.07, 6.45) is 0.533. The smallest absolute Gasteiger partial charge is 0.317 e. The van der Waals surface area contributed by atoms with Gasteiger partial charge in [0.1, 0.15) is 0 Å². The SMILES string of the molecule is O=C(NCCCN1C(=O)c2ccccc2C1=O)N1CCN(Cc2ccccc2)CC1. The molecule has 30 heavy (non-hydrogen) atoms. The first-order valence-electron chi connectivity index (χ1n) is 10.4. The van der Waals surface area contributed by atoms with Gasteiger partial charge in [-0.3, -0.25) is 19.4 Å². The van der Waals surface area contributed by atoms with Crippen molar-refractivity contribution in [1.82, 2.24) is 20.0 Å². The third kappa shape index (κ3) is 4.36. The molecule has 1 fully saturated rings. The molecule has 0 radical (unpaired) electrons. The first-order chi connectivity index (χ1) is 14.6. The molecule has 0 atom stereocenters. The number of rotatable bonds is 6. The highest BCUT2D eigenvalue weighted by Crippen LogP contribution is 2.22. The van der Waals surface area contributed by atoms with Crippen molar-refractivity contribution in [2.75, 3.05) is 39.3 Å². The summed E-state index contributed by atoms with van der Waals surface area (Å²) in [6.45, 7) is 4.70. The Bertz CT molecular complexity index is 888. The zero-order chi connectivity index (χ0) is 20.9. The fraction of sp³-hybridized carbons (Fsp3) is 0.348. The van der Waals surface area contributed by atoms with Crippen LogP contribution in [0.1, 0.15) is 32.7 Å². The molecule has 1 saturated heterocycles. The summed E-state index contributed by atoms with van der Waals surface area (Å²) in [5.74, 6) is -0.507.